The van der Waals surface area contributed by atoms with Crippen molar-refractivity contribution in [3.05, 3.63) is 36.6 Å². The third-order valence-corrected chi connectivity index (χ3v) is 4.86. The van der Waals surface area contributed by atoms with E-state index in [1.54, 1.807) is 13.8 Å². The summed E-state index contributed by atoms with van der Waals surface area (Å²) in [5.74, 6) is 0.126. The van der Waals surface area contributed by atoms with Crippen LogP contribution in [0.2, 0.25) is 39.3 Å². The molecule has 168 valence electrons. The molecule has 0 amide bonds. The van der Waals surface area contributed by atoms with E-state index in [0.717, 1.165) is 0 Å². The highest BCUT2D eigenvalue weighted by molar-refractivity contribution is 6.70. The molecule has 0 heterocycles. The lowest BCUT2D eigenvalue weighted by atomic mass is 10.3. The number of allylic oxidation sites excluding steroid dienone is 1. The topological polar surface area (TPSA) is 71.1 Å². The van der Waals surface area contributed by atoms with Gasteiger partial charge in [-0.1, -0.05) is 19.7 Å². The standard InChI is InChI=1S/C14H24O5Si.C6H13ClOSi/c1-10(2)13(15)17-8-12(19-20(5,6)7)9-18-14(16)11(3)4;1-6(5-7)8-9(2,3)4/h12H,1,3,8-9H2,2,4-7H3;1,5H2,2-4H3. The second kappa shape index (κ2) is 13.8. The van der Waals surface area contributed by atoms with Crippen molar-refractivity contribution in [2.45, 2.75) is 59.2 Å². The van der Waals surface area contributed by atoms with Crippen LogP contribution >= 0.6 is 11.6 Å². The highest BCUT2D eigenvalue weighted by Crippen LogP contribution is 2.10. The molecule has 0 aliphatic carbocycles. The Labute approximate surface area is 183 Å². The monoisotopic (exact) mass is 464 g/mol. The fourth-order valence-electron chi connectivity index (χ4n) is 1.66. The predicted molar refractivity (Wildman–Crippen MR) is 124 cm³/mol. The average Bonchev–Trinajstić information content (AvgIpc) is 2.54. The Bertz CT molecular complexity index is 561. The van der Waals surface area contributed by atoms with Gasteiger partial charge in [-0.2, -0.15) is 0 Å². The number of ether oxygens (including phenoxy) is 2. The summed E-state index contributed by atoms with van der Waals surface area (Å²) in [6.07, 6.45) is -0.478. The summed E-state index contributed by atoms with van der Waals surface area (Å²) < 4.78 is 21.3. The molecule has 0 aromatic heterocycles. The van der Waals surface area contributed by atoms with Gasteiger partial charge in [-0.15, -0.1) is 11.6 Å². The van der Waals surface area contributed by atoms with Crippen LogP contribution in [0, 0.1) is 0 Å². The van der Waals surface area contributed by atoms with Gasteiger partial charge in [0.25, 0.3) is 0 Å². The molecule has 0 rings (SSSR count). The van der Waals surface area contributed by atoms with Crippen LogP contribution < -0.4 is 0 Å². The normalized spacial score (nSPS) is 11.1. The molecule has 0 spiro atoms. The van der Waals surface area contributed by atoms with Gasteiger partial charge in [0.2, 0.25) is 8.32 Å². The number of esters is 2. The maximum absolute atomic E-state index is 11.4. The van der Waals surface area contributed by atoms with Crippen LogP contribution in [-0.4, -0.2) is 53.8 Å². The Morgan fingerprint density at radius 3 is 1.41 bits per heavy atom. The van der Waals surface area contributed by atoms with Crippen LogP contribution in [0.25, 0.3) is 0 Å². The fraction of sp³-hybridized carbons (Fsp3) is 0.600. The molecule has 0 aromatic rings. The highest BCUT2D eigenvalue weighted by Gasteiger charge is 2.24. The van der Waals surface area contributed by atoms with E-state index in [-0.39, 0.29) is 13.2 Å². The van der Waals surface area contributed by atoms with Crippen LogP contribution in [0.1, 0.15) is 13.8 Å². The first-order valence-corrected chi connectivity index (χ1v) is 16.6. The molecule has 9 heteroatoms. The number of hydrogen-bond acceptors (Lipinski definition) is 6. The van der Waals surface area contributed by atoms with Crippen LogP contribution in [-0.2, 0) is 27.9 Å². The molecule has 0 radical (unpaired) electrons. The lowest BCUT2D eigenvalue weighted by molar-refractivity contribution is -0.146. The Morgan fingerprint density at radius 2 is 1.21 bits per heavy atom. The Morgan fingerprint density at radius 1 is 0.828 bits per heavy atom. The van der Waals surface area contributed by atoms with E-state index in [0.29, 0.717) is 22.8 Å². The van der Waals surface area contributed by atoms with Gasteiger partial charge in [-0.25, -0.2) is 9.59 Å². The molecular weight excluding hydrogens is 428 g/mol. The molecule has 0 bridgehead atoms. The van der Waals surface area contributed by atoms with E-state index < -0.39 is 34.7 Å². The van der Waals surface area contributed by atoms with Crippen molar-refractivity contribution in [1.29, 1.82) is 0 Å². The van der Waals surface area contributed by atoms with Gasteiger partial charge in [0, 0.05) is 11.1 Å². The van der Waals surface area contributed by atoms with Crippen molar-refractivity contribution in [3.8, 4) is 0 Å². The summed E-state index contributed by atoms with van der Waals surface area (Å²) in [7, 11) is -3.27. The number of carbonyl (C=O) groups is 2. The summed E-state index contributed by atoms with van der Waals surface area (Å²) in [6, 6.07) is 0. The molecule has 0 fully saturated rings. The number of hydrogen-bond donors (Lipinski definition) is 0. The van der Waals surface area contributed by atoms with Crippen LogP contribution in [0.5, 0.6) is 0 Å². The van der Waals surface area contributed by atoms with Crippen molar-refractivity contribution >= 4 is 40.2 Å². The Kier molecular flexibility index (Phi) is 14.2. The SMILES string of the molecule is C=C(C)C(=O)OCC(COC(=O)C(=C)C)O[Si](C)(C)C.C=C(CCl)O[Si](C)(C)C. The second-order valence-corrected chi connectivity index (χ2v) is 17.7. The number of alkyl halides is 1. The molecule has 0 saturated carbocycles. The van der Waals surface area contributed by atoms with Crippen molar-refractivity contribution in [2.24, 2.45) is 0 Å². The minimum atomic E-state index is -1.85. The maximum Gasteiger partial charge on any atom is 0.333 e. The van der Waals surface area contributed by atoms with Gasteiger partial charge in [-0.05, 0) is 53.1 Å². The summed E-state index contributed by atoms with van der Waals surface area (Å²) in [5.41, 5.74) is 0.631. The lowest BCUT2D eigenvalue weighted by Crippen LogP contribution is -2.38. The molecule has 0 saturated heterocycles. The molecule has 0 aliphatic rings. The van der Waals surface area contributed by atoms with E-state index in [4.69, 9.17) is 29.9 Å². The van der Waals surface area contributed by atoms with Crippen molar-refractivity contribution in [1.82, 2.24) is 0 Å². The molecule has 0 aromatic carbocycles. The highest BCUT2D eigenvalue weighted by atomic mass is 35.5. The lowest BCUT2D eigenvalue weighted by Gasteiger charge is -2.25. The first-order valence-electron chi connectivity index (χ1n) is 9.24. The van der Waals surface area contributed by atoms with Gasteiger partial charge in [-0.3, -0.25) is 0 Å². The summed E-state index contributed by atoms with van der Waals surface area (Å²) in [6.45, 7) is 26.1. The summed E-state index contributed by atoms with van der Waals surface area (Å²) in [4.78, 5) is 22.7. The first kappa shape index (κ1) is 29.8. The van der Waals surface area contributed by atoms with Crippen LogP contribution in [0.15, 0.2) is 36.6 Å². The van der Waals surface area contributed by atoms with Crippen LogP contribution in [0.4, 0.5) is 0 Å². The molecule has 6 nitrogen and oxygen atoms in total. The smallest absolute Gasteiger partial charge is 0.333 e. The zero-order valence-corrected chi connectivity index (χ0v) is 21.9. The number of carbonyl (C=O) groups excluding carboxylic acids is 2. The summed E-state index contributed by atoms with van der Waals surface area (Å²) >= 11 is 5.46. The average molecular weight is 465 g/mol. The molecule has 0 atom stereocenters. The van der Waals surface area contributed by atoms with Crippen molar-refractivity contribution in [3.63, 3.8) is 0 Å². The number of rotatable bonds is 11. The minimum absolute atomic E-state index is 0.0272. The van der Waals surface area contributed by atoms with Gasteiger partial charge in [0.15, 0.2) is 8.32 Å². The molecular formula is C20H37ClO6Si2. The van der Waals surface area contributed by atoms with Gasteiger partial charge >= 0.3 is 11.9 Å². The van der Waals surface area contributed by atoms with E-state index in [9.17, 15) is 9.59 Å². The van der Waals surface area contributed by atoms with E-state index in [1.807, 2.05) is 19.6 Å². The predicted octanol–water partition coefficient (Wildman–Crippen LogP) is 5.04. The molecule has 0 N–H and O–H groups in total. The van der Waals surface area contributed by atoms with Gasteiger partial charge < -0.3 is 18.3 Å². The molecule has 0 unspecified atom stereocenters. The quantitative estimate of drug-likeness (QED) is 0.140. The second-order valence-electron chi connectivity index (χ2n) is 8.50. The third-order valence-electron chi connectivity index (χ3n) is 2.62. The maximum atomic E-state index is 11.4. The van der Waals surface area contributed by atoms with Gasteiger partial charge in [0.05, 0.1) is 11.6 Å². The van der Waals surface area contributed by atoms with Crippen LogP contribution in [0.3, 0.4) is 0 Å². The van der Waals surface area contributed by atoms with Crippen molar-refractivity contribution < 1.29 is 27.9 Å². The minimum Gasteiger partial charge on any atom is -0.547 e. The molecule has 29 heavy (non-hydrogen) atoms. The largest absolute Gasteiger partial charge is 0.547 e. The van der Waals surface area contributed by atoms with Gasteiger partial charge in [0.1, 0.15) is 19.3 Å². The van der Waals surface area contributed by atoms with E-state index in [1.165, 1.54) is 0 Å². The van der Waals surface area contributed by atoms with E-state index >= 15 is 0 Å². The van der Waals surface area contributed by atoms with E-state index in [2.05, 4.69) is 39.4 Å². The Hall–Kier alpha value is -1.36. The number of halogens is 1. The third kappa shape index (κ3) is 19.7. The first-order chi connectivity index (χ1) is 13.0. The zero-order valence-electron chi connectivity index (χ0n) is 19.1. The molecule has 0 aliphatic heterocycles. The van der Waals surface area contributed by atoms with Crippen molar-refractivity contribution in [2.75, 3.05) is 19.1 Å². The fourth-order valence-corrected chi connectivity index (χ4v) is 3.88. The Balaban J connectivity index is 0. The zero-order chi connectivity index (χ0) is 23.4. The summed E-state index contributed by atoms with van der Waals surface area (Å²) in [5, 5.41) is 0.